The third-order valence-electron chi connectivity index (χ3n) is 2.71. The third-order valence-corrected chi connectivity index (χ3v) is 4.59. The Morgan fingerprint density at radius 3 is 2.86 bits per heavy atom. The number of amides is 1. The molecule has 0 fully saturated rings. The maximum atomic E-state index is 11.9. The van der Waals surface area contributed by atoms with E-state index in [9.17, 15) is 4.79 Å². The number of nitrogens with zero attached hydrogens (tertiary/aromatic N) is 4. The number of anilines is 1. The van der Waals surface area contributed by atoms with Crippen LogP contribution in [0.3, 0.4) is 0 Å². The van der Waals surface area contributed by atoms with Gasteiger partial charge in [-0.15, -0.1) is 10.2 Å². The van der Waals surface area contributed by atoms with E-state index in [1.165, 1.54) is 23.1 Å². The highest BCUT2D eigenvalue weighted by Gasteiger charge is 2.12. The number of carbonyl (C=O) groups excluding carboxylic acids is 1. The first-order chi connectivity index (χ1) is 9.94. The van der Waals surface area contributed by atoms with E-state index < -0.39 is 0 Å². The van der Waals surface area contributed by atoms with Gasteiger partial charge in [-0.3, -0.25) is 9.48 Å². The topological polar surface area (TPSA) is 98.7 Å². The van der Waals surface area contributed by atoms with Crippen molar-refractivity contribution in [2.24, 2.45) is 0 Å². The van der Waals surface area contributed by atoms with Crippen molar-refractivity contribution >= 4 is 34.1 Å². The number of nitrogens with two attached hydrogens (primary N) is 1. The van der Waals surface area contributed by atoms with Crippen LogP contribution in [0, 0.1) is 13.8 Å². The van der Waals surface area contributed by atoms with Crippen LogP contribution in [0.15, 0.2) is 10.4 Å². The Hall–Kier alpha value is -1.61. The van der Waals surface area contributed by atoms with E-state index in [-0.39, 0.29) is 11.9 Å². The maximum absolute atomic E-state index is 11.9. The lowest BCUT2D eigenvalue weighted by Crippen LogP contribution is -2.37. The number of hydrogen-bond acceptors (Lipinski definition) is 7. The zero-order valence-electron chi connectivity index (χ0n) is 12.2. The van der Waals surface area contributed by atoms with Gasteiger partial charge in [-0.25, -0.2) is 0 Å². The fourth-order valence-corrected chi connectivity index (χ4v) is 3.33. The smallest absolute Gasteiger partial charge is 0.230 e. The van der Waals surface area contributed by atoms with Crippen LogP contribution in [-0.2, 0) is 11.3 Å². The highest BCUT2D eigenvalue weighted by molar-refractivity contribution is 8.01. The maximum Gasteiger partial charge on any atom is 0.230 e. The van der Waals surface area contributed by atoms with Gasteiger partial charge in [0.15, 0.2) is 4.34 Å². The second-order valence-corrected chi connectivity index (χ2v) is 7.00. The molecule has 0 aliphatic carbocycles. The average molecular weight is 326 g/mol. The minimum atomic E-state index is -0.0391. The molecule has 1 amide bonds. The van der Waals surface area contributed by atoms with E-state index in [1.54, 1.807) is 0 Å². The van der Waals surface area contributed by atoms with Crippen LogP contribution in [0.25, 0.3) is 0 Å². The number of rotatable bonds is 6. The lowest BCUT2D eigenvalue weighted by atomic mass is 10.3. The van der Waals surface area contributed by atoms with Crippen molar-refractivity contribution in [3.8, 4) is 0 Å². The van der Waals surface area contributed by atoms with Crippen LogP contribution < -0.4 is 11.1 Å². The van der Waals surface area contributed by atoms with Crippen LogP contribution in [0.2, 0.25) is 0 Å². The molecule has 2 heterocycles. The van der Waals surface area contributed by atoms with Crippen LogP contribution in [0.1, 0.15) is 18.3 Å². The first-order valence-corrected chi connectivity index (χ1v) is 8.26. The molecule has 114 valence electrons. The molecule has 0 radical (unpaired) electrons. The van der Waals surface area contributed by atoms with Gasteiger partial charge in [-0.2, -0.15) is 5.10 Å². The van der Waals surface area contributed by atoms with Gasteiger partial charge in [0.2, 0.25) is 11.0 Å². The van der Waals surface area contributed by atoms with Crippen molar-refractivity contribution in [2.45, 2.75) is 37.7 Å². The Labute approximate surface area is 131 Å². The summed E-state index contributed by atoms with van der Waals surface area (Å²) in [5.41, 5.74) is 7.56. The standard InChI is InChI=1S/C12H18N6OS2/c1-7-4-9(3)18(17-7)5-8(2)14-10(19)6-20-12-16-15-11(13)21-12/h4,8H,5-6H2,1-3H3,(H2,13,15)(H,14,19). The van der Waals surface area contributed by atoms with Crippen molar-refractivity contribution in [3.05, 3.63) is 17.5 Å². The Morgan fingerprint density at radius 2 is 2.29 bits per heavy atom. The Bertz CT molecular complexity index is 623. The summed E-state index contributed by atoms with van der Waals surface area (Å²) in [6.07, 6.45) is 0. The van der Waals surface area contributed by atoms with Crippen molar-refractivity contribution in [1.82, 2.24) is 25.3 Å². The molecule has 0 saturated carbocycles. The predicted molar refractivity (Wildman–Crippen MR) is 84.4 cm³/mol. The van der Waals surface area contributed by atoms with Crippen LogP contribution in [0.5, 0.6) is 0 Å². The summed E-state index contributed by atoms with van der Waals surface area (Å²) >= 11 is 2.62. The van der Waals surface area contributed by atoms with Crippen molar-refractivity contribution in [2.75, 3.05) is 11.5 Å². The zero-order valence-corrected chi connectivity index (χ0v) is 13.8. The fourth-order valence-electron chi connectivity index (χ4n) is 1.89. The lowest BCUT2D eigenvalue weighted by molar-refractivity contribution is -0.119. The number of hydrogen-bond donors (Lipinski definition) is 2. The summed E-state index contributed by atoms with van der Waals surface area (Å²) in [5.74, 6) is 0.263. The quantitative estimate of drug-likeness (QED) is 0.775. The summed E-state index contributed by atoms with van der Waals surface area (Å²) in [6, 6.07) is 2.03. The van der Waals surface area contributed by atoms with Gasteiger partial charge < -0.3 is 11.1 Å². The Balaban J connectivity index is 1.78. The molecule has 0 spiro atoms. The van der Waals surface area contributed by atoms with Crippen molar-refractivity contribution in [3.63, 3.8) is 0 Å². The summed E-state index contributed by atoms with van der Waals surface area (Å²) in [7, 11) is 0. The molecule has 0 aromatic carbocycles. The van der Waals surface area contributed by atoms with Gasteiger partial charge in [-0.1, -0.05) is 23.1 Å². The molecule has 21 heavy (non-hydrogen) atoms. The number of nitrogens with one attached hydrogen (secondary N) is 1. The highest BCUT2D eigenvalue weighted by Crippen LogP contribution is 2.22. The van der Waals surface area contributed by atoms with Crippen LogP contribution >= 0.6 is 23.1 Å². The van der Waals surface area contributed by atoms with Gasteiger partial charge in [0.05, 0.1) is 18.0 Å². The number of aromatic nitrogens is 4. The molecule has 0 bridgehead atoms. The van der Waals surface area contributed by atoms with Gasteiger partial charge >= 0.3 is 0 Å². The zero-order chi connectivity index (χ0) is 15.4. The summed E-state index contributed by atoms with van der Waals surface area (Å²) < 4.78 is 2.60. The molecular weight excluding hydrogens is 308 g/mol. The fraction of sp³-hybridized carbons (Fsp3) is 0.500. The number of carbonyl (C=O) groups is 1. The van der Waals surface area contributed by atoms with E-state index >= 15 is 0 Å². The molecule has 2 aromatic heterocycles. The predicted octanol–water partition coefficient (Wildman–Crippen LogP) is 1.23. The average Bonchev–Trinajstić information content (AvgIpc) is 2.93. The van der Waals surface area contributed by atoms with Gasteiger partial charge in [0.1, 0.15) is 0 Å². The minimum absolute atomic E-state index is 0.00980. The second-order valence-electron chi connectivity index (χ2n) is 4.77. The van der Waals surface area contributed by atoms with Crippen LogP contribution in [0.4, 0.5) is 5.13 Å². The number of nitrogen functional groups attached to an aromatic ring is 1. The lowest BCUT2D eigenvalue weighted by Gasteiger charge is -2.14. The van der Waals surface area contributed by atoms with Gasteiger partial charge in [0, 0.05) is 11.7 Å². The number of thioether (sulfide) groups is 1. The summed E-state index contributed by atoms with van der Waals surface area (Å²) in [5, 5.41) is 15.3. The largest absolute Gasteiger partial charge is 0.374 e. The van der Waals surface area contributed by atoms with E-state index in [1.807, 2.05) is 31.5 Å². The molecule has 2 aromatic rings. The SMILES string of the molecule is Cc1cc(C)n(CC(C)NC(=O)CSc2nnc(N)s2)n1. The normalized spacial score (nSPS) is 12.3. The Morgan fingerprint density at radius 1 is 1.52 bits per heavy atom. The highest BCUT2D eigenvalue weighted by atomic mass is 32.2. The molecule has 7 nitrogen and oxygen atoms in total. The second kappa shape index (κ2) is 6.90. The van der Waals surface area contributed by atoms with Crippen LogP contribution in [-0.4, -0.2) is 37.7 Å². The molecule has 0 saturated heterocycles. The molecule has 3 N–H and O–H groups in total. The van der Waals surface area contributed by atoms with Gasteiger partial charge in [-0.05, 0) is 26.8 Å². The minimum Gasteiger partial charge on any atom is -0.374 e. The molecule has 0 aliphatic rings. The van der Waals surface area contributed by atoms with Crippen molar-refractivity contribution < 1.29 is 4.79 Å². The molecule has 1 unspecified atom stereocenters. The molecule has 2 rings (SSSR count). The summed E-state index contributed by atoms with van der Waals surface area (Å²) in [4.78, 5) is 11.9. The third kappa shape index (κ3) is 4.71. The van der Waals surface area contributed by atoms with E-state index in [4.69, 9.17) is 5.73 Å². The monoisotopic (exact) mass is 326 g/mol. The van der Waals surface area contributed by atoms with E-state index in [2.05, 4.69) is 20.6 Å². The van der Waals surface area contributed by atoms with Crippen molar-refractivity contribution in [1.29, 1.82) is 0 Å². The van der Waals surface area contributed by atoms with Gasteiger partial charge in [0.25, 0.3) is 0 Å². The number of aryl methyl sites for hydroxylation is 2. The first kappa shape index (κ1) is 15.8. The first-order valence-electron chi connectivity index (χ1n) is 6.46. The summed E-state index contributed by atoms with van der Waals surface area (Å²) in [6.45, 7) is 6.57. The molecular formula is C12H18N6OS2. The molecule has 9 heteroatoms. The van der Waals surface area contributed by atoms with E-state index in [0.717, 1.165) is 11.4 Å². The van der Waals surface area contributed by atoms with E-state index in [0.29, 0.717) is 21.8 Å². The molecule has 1 atom stereocenters. The molecule has 0 aliphatic heterocycles. The Kier molecular flexibility index (Phi) is 5.18.